The van der Waals surface area contributed by atoms with Gasteiger partial charge in [-0.05, 0) is 36.4 Å². The Morgan fingerprint density at radius 3 is 0.908 bits per heavy atom. The van der Waals surface area contributed by atoms with Crippen molar-refractivity contribution in [3.05, 3.63) is 214 Å². The Balaban J connectivity index is 0.000000247. The van der Waals surface area contributed by atoms with Crippen LogP contribution in [0.3, 0.4) is 0 Å². The molecule has 0 aromatic heterocycles. The lowest BCUT2D eigenvalue weighted by Gasteiger charge is -2.44. The van der Waals surface area contributed by atoms with Gasteiger partial charge in [-0.1, -0.05) is 166 Å². The second-order valence-electron chi connectivity index (χ2n) is 14.7. The van der Waals surface area contributed by atoms with Crippen molar-refractivity contribution in [2.45, 2.75) is 34.5 Å². The van der Waals surface area contributed by atoms with Gasteiger partial charge in [-0.15, -0.1) is 0 Å². The molecule has 7 aromatic carbocycles. The summed E-state index contributed by atoms with van der Waals surface area (Å²) in [5.74, 6) is -0.164. The number of Topliss-reactive ketones (excluding diaryl/α,β-unsaturated/α-hetero) is 1. The summed E-state index contributed by atoms with van der Waals surface area (Å²) >= 11 is 3.36. The fraction of sp³-hybridized carbons (Fsp3) is 0.104. The van der Waals surface area contributed by atoms with Crippen molar-refractivity contribution in [3.8, 4) is 0 Å². The van der Waals surface area contributed by atoms with E-state index in [1.165, 1.54) is 0 Å². The Bertz CT molecular complexity index is 2460. The van der Waals surface area contributed by atoms with Crippen LogP contribution in [0.5, 0.6) is 0 Å². The summed E-state index contributed by atoms with van der Waals surface area (Å²) in [6.45, 7) is 0. The summed E-state index contributed by atoms with van der Waals surface area (Å²) in [5, 5.41) is 0. The van der Waals surface area contributed by atoms with Crippen molar-refractivity contribution in [2.24, 2.45) is 0 Å². The highest BCUT2D eigenvalue weighted by Crippen LogP contribution is 2.34. The molecule has 0 N–H and O–H groups in total. The average molecular weight is 992 g/mol. The SMILES string of the molecule is FC(F)(F)c1ccc([B-](c2ccc(C(F)(F)F)cc2)(c2ccc(C(F)(F)F)cc2)c2ccc(C(F)(F)F)cc2)cc1.O=C(C[S+](=O)(c1ccccc1)c1ccccc1)c1ccc(Br)cc1. The van der Waals surface area contributed by atoms with Crippen molar-refractivity contribution in [1.82, 2.24) is 0 Å². The van der Waals surface area contributed by atoms with Gasteiger partial charge in [-0.3, -0.25) is 4.79 Å². The van der Waals surface area contributed by atoms with E-state index in [9.17, 15) is 61.7 Å². The summed E-state index contributed by atoms with van der Waals surface area (Å²) in [7, 11) is -2.67. The highest BCUT2D eigenvalue weighted by molar-refractivity contribution is 9.10. The quantitative estimate of drug-likeness (QED) is 0.0625. The number of halogens is 13. The zero-order valence-corrected chi connectivity index (χ0v) is 35.6. The van der Waals surface area contributed by atoms with E-state index >= 15 is 0 Å². The molecule has 7 aromatic rings. The third-order valence-corrected chi connectivity index (χ3v) is 14.0. The molecule has 0 saturated heterocycles. The normalized spacial score (nSPS) is 12.6. The van der Waals surface area contributed by atoms with Crippen LogP contribution < -0.4 is 21.9 Å². The van der Waals surface area contributed by atoms with Crippen LogP contribution >= 0.6 is 15.9 Å². The maximum Gasteiger partial charge on any atom is 0.416 e. The molecule has 0 saturated carbocycles. The monoisotopic (exact) mass is 990 g/mol. The molecule has 0 aliphatic carbocycles. The Labute approximate surface area is 374 Å². The van der Waals surface area contributed by atoms with Crippen LogP contribution in [0.1, 0.15) is 32.6 Å². The lowest BCUT2D eigenvalue weighted by atomic mass is 9.13. The first kappa shape index (κ1) is 48.5. The lowest BCUT2D eigenvalue weighted by molar-refractivity contribution is -0.138. The number of benzene rings is 7. The molecule has 336 valence electrons. The van der Waals surface area contributed by atoms with Crippen LogP contribution in [0.25, 0.3) is 0 Å². The standard InChI is InChI=1S/C28H16BF12.C20H16BrO2S/c30-25(31,32)17-1-9-21(10-2-17)29(22-11-3-18(4-12-22)26(33,34)35,23-13-5-19(6-14-23)27(36,37)38)24-15-7-20(8-16-24)28(39,40)41;21-17-13-11-16(12-14-17)20(22)15-24(23,18-7-3-1-4-8-18)19-9-5-2-6-10-19/h1-16H;1-14H,15H2/q-1;+1. The molecule has 0 bridgehead atoms. The van der Waals surface area contributed by atoms with Crippen molar-refractivity contribution in [3.63, 3.8) is 0 Å². The smallest absolute Gasteiger partial charge is 0.289 e. The second kappa shape index (κ2) is 18.9. The molecule has 0 atom stereocenters. The highest BCUT2D eigenvalue weighted by Gasteiger charge is 2.39. The van der Waals surface area contributed by atoms with E-state index in [0.29, 0.717) is 63.9 Å². The van der Waals surface area contributed by atoms with Gasteiger partial charge in [0.25, 0.3) is 0 Å². The first-order chi connectivity index (χ1) is 30.4. The van der Waals surface area contributed by atoms with E-state index in [1.54, 1.807) is 12.1 Å². The van der Waals surface area contributed by atoms with Crippen molar-refractivity contribution in [2.75, 3.05) is 5.75 Å². The number of rotatable bonds is 9. The van der Waals surface area contributed by atoms with Crippen LogP contribution in [-0.4, -0.2) is 17.7 Å². The van der Waals surface area contributed by atoms with E-state index in [0.717, 1.165) is 53.0 Å². The predicted octanol–water partition coefficient (Wildman–Crippen LogP) is 12.4. The maximum absolute atomic E-state index is 13.8. The van der Waals surface area contributed by atoms with Crippen LogP contribution in [0.4, 0.5) is 52.7 Å². The molecule has 7 rings (SSSR count). The molecule has 2 nitrogen and oxygen atoms in total. The summed E-state index contributed by atoms with van der Waals surface area (Å²) in [6, 6.07) is 39.1. The fourth-order valence-electron chi connectivity index (χ4n) is 7.48. The second-order valence-corrected chi connectivity index (χ2v) is 18.2. The predicted molar refractivity (Wildman–Crippen MR) is 231 cm³/mol. The molecule has 0 unspecified atom stereocenters. The number of alkyl halides is 12. The van der Waals surface area contributed by atoms with E-state index in [1.807, 2.05) is 72.8 Å². The molecule has 0 amide bonds. The van der Waals surface area contributed by atoms with Gasteiger partial charge in [-0.2, -0.15) is 74.5 Å². The highest BCUT2D eigenvalue weighted by atomic mass is 79.9. The molecule has 0 fully saturated rings. The van der Waals surface area contributed by atoms with E-state index in [2.05, 4.69) is 15.9 Å². The number of carbonyl (C=O) groups excluding carboxylic acids is 1. The molecular formula is C48H32BBrF12O2S. The summed E-state index contributed by atoms with van der Waals surface area (Å²) in [5.41, 5.74) is -3.73. The average Bonchev–Trinajstić information content (AvgIpc) is 3.27. The fourth-order valence-corrected chi connectivity index (χ4v) is 10.1. The minimum absolute atomic E-state index is 0.0114. The van der Waals surface area contributed by atoms with Gasteiger partial charge in [0, 0.05) is 10.0 Å². The number of carbonyl (C=O) groups is 1. The van der Waals surface area contributed by atoms with Gasteiger partial charge in [0.05, 0.1) is 22.3 Å². The van der Waals surface area contributed by atoms with Gasteiger partial charge in [-0.25, -0.2) is 0 Å². The first-order valence-electron chi connectivity index (χ1n) is 19.2. The topological polar surface area (TPSA) is 34.1 Å². The Morgan fingerprint density at radius 2 is 0.662 bits per heavy atom. The van der Waals surface area contributed by atoms with Crippen molar-refractivity contribution in [1.29, 1.82) is 0 Å². The number of hydrogen-bond acceptors (Lipinski definition) is 2. The van der Waals surface area contributed by atoms with Gasteiger partial charge < -0.3 is 0 Å². The first-order valence-corrected chi connectivity index (χ1v) is 21.7. The van der Waals surface area contributed by atoms with Gasteiger partial charge >= 0.3 is 24.7 Å². The summed E-state index contributed by atoms with van der Waals surface area (Å²) < 4.78 is 175. The summed E-state index contributed by atoms with van der Waals surface area (Å²) in [4.78, 5) is 14.1. The van der Waals surface area contributed by atoms with Crippen molar-refractivity contribution >= 4 is 59.6 Å². The van der Waals surface area contributed by atoms with Gasteiger partial charge in [0.2, 0.25) is 5.78 Å². The van der Waals surface area contributed by atoms with E-state index in [-0.39, 0.29) is 33.4 Å². The molecule has 17 heteroatoms. The minimum Gasteiger partial charge on any atom is -0.289 e. The Kier molecular flexibility index (Phi) is 14.1. The molecule has 0 heterocycles. The third-order valence-electron chi connectivity index (χ3n) is 10.7. The largest absolute Gasteiger partial charge is 0.416 e. The zero-order valence-electron chi connectivity index (χ0n) is 33.2. The molecule has 0 aliphatic heterocycles. The van der Waals surface area contributed by atoms with Gasteiger partial charge in [0.15, 0.2) is 25.5 Å². The van der Waals surface area contributed by atoms with Crippen molar-refractivity contribution < 1.29 is 61.7 Å². The molecule has 65 heavy (non-hydrogen) atoms. The minimum atomic E-state index is -4.77. The molecule has 0 spiro atoms. The Hall–Kier alpha value is -5.94. The number of ketones is 1. The number of hydrogen-bond donors (Lipinski definition) is 0. The zero-order chi connectivity index (χ0) is 47.4. The van der Waals surface area contributed by atoms with Crippen LogP contribution in [0.2, 0.25) is 0 Å². The Morgan fingerprint density at radius 1 is 0.400 bits per heavy atom. The lowest BCUT2D eigenvalue weighted by Crippen LogP contribution is -2.74. The van der Waals surface area contributed by atoms with Crippen LogP contribution in [0, 0.1) is 0 Å². The summed E-state index contributed by atoms with van der Waals surface area (Å²) in [6.07, 6.45) is -22.0. The third kappa shape index (κ3) is 11.0. The van der Waals surface area contributed by atoms with E-state index < -0.39 is 63.0 Å². The van der Waals surface area contributed by atoms with Crippen LogP contribution in [-0.2, 0) is 38.8 Å². The molecule has 0 aliphatic rings. The van der Waals surface area contributed by atoms with Crippen LogP contribution in [0.15, 0.2) is 196 Å². The molecule has 0 radical (unpaired) electrons. The van der Waals surface area contributed by atoms with E-state index in [4.69, 9.17) is 0 Å². The van der Waals surface area contributed by atoms with Gasteiger partial charge in [0.1, 0.15) is 6.15 Å². The maximum atomic E-state index is 13.8. The molecular weight excluding hydrogens is 959 g/mol.